The molecule has 132 valence electrons. The number of fused-ring (bicyclic) bond motifs is 1. The third-order valence-electron chi connectivity index (χ3n) is 5.95. The van der Waals surface area contributed by atoms with E-state index in [-0.39, 0.29) is 11.9 Å². The van der Waals surface area contributed by atoms with Gasteiger partial charge >= 0.3 is 0 Å². The van der Waals surface area contributed by atoms with Crippen LogP contribution in [0.4, 0.5) is 0 Å². The number of halogens is 1. The normalized spacial score (nSPS) is 25.4. The topological polar surface area (TPSA) is 51.3 Å². The molecule has 3 unspecified atom stereocenters. The molecule has 1 saturated carbocycles. The second kappa shape index (κ2) is 6.19. The van der Waals surface area contributed by atoms with Gasteiger partial charge < -0.3 is 15.2 Å². The molecule has 2 N–H and O–H groups in total. The van der Waals surface area contributed by atoms with Crippen LogP contribution in [0.3, 0.4) is 0 Å². The van der Waals surface area contributed by atoms with Gasteiger partial charge in [0, 0.05) is 41.2 Å². The van der Waals surface area contributed by atoms with Gasteiger partial charge in [-0.3, -0.25) is 4.79 Å². The highest BCUT2D eigenvalue weighted by Gasteiger charge is 2.43. The fraction of sp³-hybridized carbons (Fsp3) is 0.450. The third-order valence-corrected chi connectivity index (χ3v) is 6.20. The molecular formula is C20H24ClN3O. The van der Waals surface area contributed by atoms with E-state index in [0.717, 1.165) is 48.6 Å². The Hall–Kier alpha value is -1.78. The summed E-state index contributed by atoms with van der Waals surface area (Å²) in [7, 11) is 0. The van der Waals surface area contributed by atoms with Gasteiger partial charge in [-0.05, 0) is 68.9 Å². The Balaban J connectivity index is 1.62. The summed E-state index contributed by atoms with van der Waals surface area (Å²) in [6.07, 6.45) is 2.25. The molecule has 1 amide bonds. The minimum Gasteiger partial charge on any atom is -0.338 e. The van der Waals surface area contributed by atoms with Crippen molar-refractivity contribution in [3.63, 3.8) is 0 Å². The summed E-state index contributed by atoms with van der Waals surface area (Å²) in [6.45, 7) is 5.70. The van der Waals surface area contributed by atoms with E-state index in [1.54, 1.807) is 0 Å². The standard InChI is InChI=1S/C20H24ClN3O/c1-12-9-17(13(2)24(12)16-6-4-15(21)5-7-16)20(25)23-10-14-3-8-19(22)18(14)11-23/h4-7,9,14,18-19H,3,8,10-11,22H2,1-2H3. The van der Waals surface area contributed by atoms with Gasteiger partial charge in [0.15, 0.2) is 0 Å². The first-order valence-corrected chi connectivity index (χ1v) is 9.33. The first kappa shape index (κ1) is 16.7. The zero-order valence-corrected chi connectivity index (χ0v) is 15.5. The van der Waals surface area contributed by atoms with Crippen LogP contribution in [-0.4, -0.2) is 34.5 Å². The molecule has 4 nitrogen and oxygen atoms in total. The van der Waals surface area contributed by atoms with Crippen LogP contribution in [0.1, 0.15) is 34.6 Å². The molecule has 1 aromatic carbocycles. The molecule has 0 bridgehead atoms. The third kappa shape index (κ3) is 2.77. The number of carbonyl (C=O) groups is 1. The summed E-state index contributed by atoms with van der Waals surface area (Å²) in [6, 6.07) is 9.97. The molecule has 1 aliphatic heterocycles. The van der Waals surface area contributed by atoms with Gasteiger partial charge in [-0.15, -0.1) is 0 Å². The van der Waals surface area contributed by atoms with Crippen molar-refractivity contribution in [1.29, 1.82) is 0 Å². The average molecular weight is 358 g/mol. The molecule has 1 aliphatic carbocycles. The van der Waals surface area contributed by atoms with E-state index < -0.39 is 0 Å². The highest BCUT2D eigenvalue weighted by Crippen LogP contribution is 2.38. The Morgan fingerprint density at radius 2 is 1.88 bits per heavy atom. The number of carbonyl (C=O) groups excluding carboxylic acids is 1. The van der Waals surface area contributed by atoms with Crippen molar-refractivity contribution < 1.29 is 4.79 Å². The van der Waals surface area contributed by atoms with Gasteiger partial charge in [0.1, 0.15) is 0 Å². The SMILES string of the molecule is Cc1cc(C(=O)N2CC3CCC(N)C3C2)c(C)n1-c1ccc(Cl)cc1. The Morgan fingerprint density at radius 3 is 2.56 bits per heavy atom. The zero-order chi connectivity index (χ0) is 17.7. The van der Waals surface area contributed by atoms with Crippen LogP contribution in [0.2, 0.25) is 5.02 Å². The quantitative estimate of drug-likeness (QED) is 0.893. The fourth-order valence-corrected chi connectivity index (χ4v) is 4.74. The van der Waals surface area contributed by atoms with E-state index in [9.17, 15) is 4.79 Å². The summed E-state index contributed by atoms with van der Waals surface area (Å²) in [5, 5.41) is 0.711. The first-order chi connectivity index (χ1) is 12.0. The number of likely N-dealkylation sites (tertiary alicyclic amines) is 1. The smallest absolute Gasteiger partial charge is 0.255 e. The van der Waals surface area contributed by atoms with E-state index in [2.05, 4.69) is 4.57 Å². The van der Waals surface area contributed by atoms with Gasteiger partial charge in [0.05, 0.1) is 5.56 Å². The highest BCUT2D eigenvalue weighted by atomic mass is 35.5. The van der Waals surface area contributed by atoms with Crippen molar-refractivity contribution in [2.75, 3.05) is 13.1 Å². The molecule has 2 aliphatic rings. The minimum absolute atomic E-state index is 0.134. The fourth-order valence-electron chi connectivity index (χ4n) is 4.61. The maximum atomic E-state index is 13.1. The van der Waals surface area contributed by atoms with E-state index in [1.807, 2.05) is 49.1 Å². The number of benzene rings is 1. The summed E-state index contributed by atoms with van der Waals surface area (Å²) in [5.74, 6) is 1.19. The molecule has 2 aromatic rings. The van der Waals surface area contributed by atoms with Gasteiger partial charge in [-0.25, -0.2) is 0 Å². The molecule has 0 radical (unpaired) electrons. The number of aryl methyl sites for hydroxylation is 1. The molecule has 25 heavy (non-hydrogen) atoms. The predicted molar refractivity (Wildman–Crippen MR) is 100 cm³/mol. The summed E-state index contributed by atoms with van der Waals surface area (Å²) in [4.78, 5) is 15.1. The van der Waals surface area contributed by atoms with Crippen LogP contribution >= 0.6 is 11.6 Å². The molecule has 5 heteroatoms. The summed E-state index contributed by atoms with van der Waals surface area (Å²) < 4.78 is 2.12. The number of nitrogens with zero attached hydrogens (tertiary/aromatic N) is 2. The van der Waals surface area contributed by atoms with Gasteiger partial charge in [-0.2, -0.15) is 0 Å². The monoisotopic (exact) mass is 357 g/mol. The van der Waals surface area contributed by atoms with Gasteiger partial charge in [0.25, 0.3) is 5.91 Å². The number of aromatic nitrogens is 1. The lowest BCUT2D eigenvalue weighted by molar-refractivity contribution is 0.0779. The Bertz CT molecular complexity index is 811. The molecule has 2 heterocycles. The number of rotatable bonds is 2. The van der Waals surface area contributed by atoms with Gasteiger partial charge in [-0.1, -0.05) is 11.6 Å². The summed E-state index contributed by atoms with van der Waals surface area (Å²) >= 11 is 6.00. The molecular weight excluding hydrogens is 334 g/mol. The van der Waals surface area contributed by atoms with Crippen LogP contribution in [0, 0.1) is 25.7 Å². The second-order valence-corrected chi connectivity index (χ2v) is 7.91. The van der Waals surface area contributed by atoms with E-state index >= 15 is 0 Å². The van der Waals surface area contributed by atoms with Crippen molar-refractivity contribution in [3.05, 3.63) is 52.3 Å². The number of amides is 1. The number of hydrogen-bond acceptors (Lipinski definition) is 2. The van der Waals surface area contributed by atoms with Crippen molar-refractivity contribution in [2.24, 2.45) is 17.6 Å². The molecule has 0 spiro atoms. The predicted octanol–water partition coefficient (Wildman–Crippen LogP) is 3.56. The second-order valence-electron chi connectivity index (χ2n) is 7.47. The largest absolute Gasteiger partial charge is 0.338 e. The zero-order valence-electron chi connectivity index (χ0n) is 14.7. The number of nitrogens with two attached hydrogens (primary N) is 1. The highest BCUT2D eigenvalue weighted by molar-refractivity contribution is 6.30. The van der Waals surface area contributed by atoms with E-state index in [1.165, 1.54) is 0 Å². The van der Waals surface area contributed by atoms with Crippen molar-refractivity contribution in [2.45, 2.75) is 32.7 Å². The van der Waals surface area contributed by atoms with Crippen LogP contribution in [0.25, 0.3) is 5.69 Å². The minimum atomic E-state index is 0.134. The lowest BCUT2D eigenvalue weighted by Crippen LogP contribution is -2.33. The van der Waals surface area contributed by atoms with Gasteiger partial charge in [0.2, 0.25) is 0 Å². The van der Waals surface area contributed by atoms with Crippen molar-refractivity contribution in [1.82, 2.24) is 9.47 Å². The first-order valence-electron chi connectivity index (χ1n) is 8.95. The van der Waals surface area contributed by atoms with Crippen LogP contribution in [0.15, 0.2) is 30.3 Å². The van der Waals surface area contributed by atoms with Crippen molar-refractivity contribution >= 4 is 17.5 Å². The van der Waals surface area contributed by atoms with Crippen LogP contribution in [-0.2, 0) is 0 Å². The molecule has 2 fully saturated rings. The lowest BCUT2D eigenvalue weighted by Gasteiger charge is -2.19. The molecule has 3 atom stereocenters. The average Bonchev–Trinajstić information content (AvgIpc) is 3.24. The Morgan fingerprint density at radius 1 is 1.16 bits per heavy atom. The summed E-state index contributed by atoms with van der Waals surface area (Å²) in [5.41, 5.74) is 10.1. The Labute approximate surface area is 153 Å². The molecule has 1 aromatic heterocycles. The molecule has 1 saturated heterocycles. The maximum absolute atomic E-state index is 13.1. The van der Waals surface area contributed by atoms with Crippen molar-refractivity contribution in [3.8, 4) is 5.69 Å². The maximum Gasteiger partial charge on any atom is 0.255 e. The van der Waals surface area contributed by atoms with Crippen LogP contribution in [0.5, 0.6) is 0 Å². The van der Waals surface area contributed by atoms with Crippen LogP contribution < -0.4 is 5.73 Å². The van der Waals surface area contributed by atoms with E-state index in [0.29, 0.717) is 16.9 Å². The number of hydrogen-bond donors (Lipinski definition) is 1. The lowest BCUT2D eigenvalue weighted by atomic mass is 9.98. The Kier molecular flexibility index (Phi) is 4.13. The van der Waals surface area contributed by atoms with E-state index in [4.69, 9.17) is 17.3 Å². The molecule has 4 rings (SSSR count).